The van der Waals surface area contributed by atoms with Gasteiger partial charge in [-0.2, -0.15) is 9.29 Å². The topological polar surface area (TPSA) is 102 Å². The third kappa shape index (κ3) is 2.93. The van der Waals surface area contributed by atoms with Crippen LogP contribution in [0.2, 0.25) is 0 Å². The summed E-state index contributed by atoms with van der Waals surface area (Å²) in [6.45, 7) is 3.82. The molecule has 4 rings (SSSR count). The van der Waals surface area contributed by atoms with Crippen LogP contribution in [0.25, 0.3) is 0 Å². The zero-order chi connectivity index (χ0) is 18.3. The van der Waals surface area contributed by atoms with Gasteiger partial charge in [0.1, 0.15) is 10.6 Å². The number of aryl methyl sites for hydroxylation is 2. The average molecular weight is 374 g/mol. The molecule has 26 heavy (non-hydrogen) atoms. The normalized spacial score (nSPS) is 15.9. The van der Waals surface area contributed by atoms with E-state index in [1.807, 2.05) is 30.3 Å². The summed E-state index contributed by atoms with van der Waals surface area (Å²) in [5.41, 5.74) is 1.46. The quantitative estimate of drug-likeness (QED) is 0.673. The molecule has 0 bridgehead atoms. The van der Waals surface area contributed by atoms with E-state index >= 15 is 0 Å². The summed E-state index contributed by atoms with van der Waals surface area (Å²) >= 11 is 0. The van der Waals surface area contributed by atoms with E-state index in [0.717, 1.165) is 5.56 Å². The van der Waals surface area contributed by atoms with Crippen molar-refractivity contribution in [3.8, 4) is 0 Å². The molecule has 1 fully saturated rings. The van der Waals surface area contributed by atoms with Crippen LogP contribution in [0, 0.1) is 13.8 Å². The van der Waals surface area contributed by atoms with E-state index in [0.29, 0.717) is 42.7 Å². The van der Waals surface area contributed by atoms with Crippen molar-refractivity contribution in [1.82, 2.24) is 19.6 Å². The van der Waals surface area contributed by atoms with Crippen molar-refractivity contribution in [2.75, 3.05) is 13.1 Å². The molecule has 0 radical (unpaired) electrons. The summed E-state index contributed by atoms with van der Waals surface area (Å²) in [6.07, 6.45) is 0.581. The van der Waals surface area contributed by atoms with Crippen LogP contribution in [0.5, 0.6) is 0 Å². The molecule has 3 aromatic rings. The first-order valence-corrected chi connectivity index (χ1v) is 9.68. The third-order valence-electron chi connectivity index (χ3n) is 4.45. The van der Waals surface area contributed by atoms with Crippen LogP contribution in [0.4, 0.5) is 0 Å². The Hall–Kier alpha value is -2.52. The Morgan fingerprint density at radius 1 is 1.12 bits per heavy atom. The first kappa shape index (κ1) is 16.9. The predicted molar refractivity (Wildman–Crippen MR) is 91.0 cm³/mol. The molecule has 8 nitrogen and oxygen atoms in total. The van der Waals surface area contributed by atoms with E-state index in [2.05, 4.69) is 15.3 Å². The zero-order valence-corrected chi connectivity index (χ0v) is 15.2. The molecule has 0 saturated carbocycles. The molecule has 0 spiro atoms. The molecule has 136 valence electrons. The maximum absolute atomic E-state index is 12.7. The Balaban J connectivity index is 1.44. The molecule has 0 N–H and O–H groups in total. The second-order valence-electron chi connectivity index (χ2n) is 6.38. The Morgan fingerprint density at radius 3 is 2.50 bits per heavy atom. The Morgan fingerprint density at radius 2 is 1.85 bits per heavy atom. The first-order chi connectivity index (χ1) is 12.4. The molecule has 0 atom stereocenters. The number of aromatic nitrogens is 3. The fraction of sp³-hybridized carbons (Fsp3) is 0.353. The van der Waals surface area contributed by atoms with Gasteiger partial charge in [-0.25, -0.2) is 8.42 Å². The van der Waals surface area contributed by atoms with Gasteiger partial charge in [-0.1, -0.05) is 40.6 Å². The van der Waals surface area contributed by atoms with Crippen LogP contribution in [0.1, 0.15) is 34.7 Å². The van der Waals surface area contributed by atoms with Gasteiger partial charge in [0.25, 0.3) is 0 Å². The molecular weight excluding hydrogens is 356 g/mol. The lowest BCUT2D eigenvalue weighted by atomic mass is 10.0. The second-order valence-corrected chi connectivity index (χ2v) is 8.26. The molecule has 1 aliphatic heterocycles. The number of nitrogens with zero attached hydrogens (tertiary/aromatic N) is 4. The third-order valence-corrected chi connectivity index (χ3v) is 6.53. The summed E-state index contributed by atoms with van der Waals surface area (Å²) in [5, 5.41) is 7.72. The molecule has 2 aromatic heterocycles. The van der Waals surface area contributed by atoms with E-state index < -0.39 is 10.0 Å². The summed E-state index contributed by atoms with van der Waals surface area (Å²) in [5.74, 6) is 1.27. The lowest BCUT2D eigenvalue weighted by Crippen LogP contribution is -2.48. The van der Waals surface area contributed by atoms with Crippen molar-refractivity contribution < 1.29 is 17.5 Å². The van der Waals surface area contributed by atoms with Gasteiger partial charge in [-0.15, -0.1) is 0 Å². The van der Waals surface area contributed by atoms with Gasteiger partial charge in [-0.05, 0) is 19.4 Å². The van der Waals surface area contributed by atoms with Crippen molar-refractivity contribution in [2.45, 2.75) is 31.1 Å². The van der Waals surface area contributed by atoms with Crippen LogP contribution >= 0.6 is 0 Å². The number of hydrogen-bond donors (Lipinski definition) is 0. The Bertz CT molecular complexity index is 1000. The lowest BCUT2D eigenvalue weighted by Gasteiger charge is -2.35. The second kappa shape index (κ2) is 6.33. The summed E-state index contributed by atoms with van der Waals surface area (Å²) in [4.78, 5) is 4.56. The van der Waals surface area contributed by atoms with Gasteiger partial charge in [0.15, 0.2) is 11.6 Å². The molecule has 1 aliphatic rings. The van der Waals surface area contributed by atoms with Crippen LogP contribution in [0.15, 0.2) is 44.3 Å². The number of sulfonamides is 1. The highest BCUT2D eigenvalue weighted by Gasteiger charge is 2.42. The maximum Gasteiger partial charge on any atom is 0.248 e. The Labute approximate surface area is 150 Å². The summed E-state index contributed by atoms with van der Waals surface area (Å²) in [6, 6.07) is 9.86. The standard InChI is InChI=1S/C17H18N4O4S/c1-11-16(12(2)24-19-11)26(22,23)21-9-14(10-21)17-18-15(20-25-17)8-13-6-4-3-5-7-13/h3-7,14H,8-10H2,1-2H3. The highest BCUT2D eigenvalue weighted by Crippen LogP contribution is 2.33. The fourth-order valence-electron chi connectivity index (χ4n) is 3.05. The van der Waals surface area contributed by atoms with E-state index in [4.69, 9.17) is 9.05 Å². The molecule has 0 amide bonds. The molecule has 3 heterocycles. The zero-order valence-electron chi connectivity index (χ0n) is 14.4. The number of hydrogen-bond acceptors (Lipinski definition) is 7. The first-order valence-electron chi connectivity index (χ1n) is 8.24. The van der Waals surface area contributed by atoms with E-state index in [1.165, 1.54) is 4.31 Å². The van der Waals surface area contributed by atoms with Gasteiger partial charge in [0.05, 0.1) is 5.92 Å². The van der Waals surface area contributed by atoms with Crippen molar-refractivity contribution >= 4 is 10.0 Å². The van der Waals surface area contributed by atoms with E-state index in [-0.39, 0.29) is 10.8 Å². The molecule has 1 saturated heterocycles. The molecule has 0 unspecified atom stereocenters. The number of rotatable bonds is 5. The van der Waals surface area contributed by atoms with Crippen molar-refractivity contribution in [3.63, 3.8) is 0 Å². The van der Waals surface area contributed by atoms with Crippen LogP contribution in [0.3, 0.4) is 0 Å². The summed E-state index contributed by atoms with van der Waals surface area (Å²) < 4.78 is 37.1. The van der Waals surface area contributed by atoms with Gasteiger partial charge in [-0.3, -0.25) is 0 Å². The smallest absolute Gasteiger partial charge is 0.248 e. The van der Waals surface area contributed by atoms with Gasteiger partial charge in [0.2, 0.25) is 15.9 Å². The SMILES string of the molecule is Cc1noc(C)c1S(=O)(=O)N1CC(c2nc(Cc3ccccc3)no2)C1. The van der Waals surface area contributed by atoms with E-state index in [1.54, 1.807) is 13.8 Å². The molecule has 0 aliphatic carbocycles. The van der Waals surface area contributed by atoms with Crippen LogP contribution in [-0.2, 0) is 16.4 Å². The molecular formula is C17H18N4O4S. The maximum atomic E-state index is 12.7. The lowest BCUT2D eigenvalue weighted by molar-refractivity contribution is 0.216. The predicted octanol–water partition coefficient (Wildman–Crippen LogP) is 2.05. The Kier molecular flexibility index (Phi) is 4.12. The average Bonchev–Trinajstić information content (AvgIpc) is 3.13. The minimum Gasteiger partial charge on any atom is -0.360 e. The van der Waals surface area contributed by atoms with Crippen molar-refractivity contribution in [2.24, 2.45) is 0 Å². The van der Waals surface area contributed by atoms with Crippen molar-refractivity contribution in [3.05, 3.63) is 59.1 Å². The van der Waals surface area contributed by atoms with Crippen LogP contribution < -0.4 is 0 Å². The fourth-order valence-corrected chi connectivity index (χ4v) is 4.87. The molecule has 9 heteroatoms. The highest BCUT2D eigenvalue weighted by molar-refractivity contribution is 7.89. The van der Waals surface area contributed by atoms with E-state index in [9.17, 15) is 8.42 Å². The highest BCUT2D eigenvalue weighted by atomic mass is 32.2. The number of benzene rings is 1. The monoisotopic (exact) mass is 374 g/mol. The van der Waals surface area contributed by atoms with Crippen molar-refractivity contribution in [1.29, 1.82) is 0 Å². The minimum atomic E-state index is -3.62. The summed E-state index contributed by atoms with van der Waals surface area (Å²) in [7, 11) is -3.62. The van der Waals surface area contributed by atoms with Crippen LogP contribution in [-0.4, -0.2) is 41.1 Å². The largest absolute Gasteiger partial charge is 0.360 e. The van der Waals surface area contributed by atoms with Gasteiger partial charge >= 0.3 is 0 Å². The van der Waals surface area contributed by atoms with Gasteiger partial charge < -0.3 is 9.05 Å². The minimum absolute atomic E-state index is 0.0951. The van der Waals surface area contributed by atoms with Gasteiger partial charge in [0, 0.05) is 19.5 Å². The molecule has 1 aromatic carbocycles.